The lowest BCUT2D eigenvalue weighted by Crippen LogP contribution is -2.00. The molecule has 0 aliphatic rings. The number of thiophene rings is 1. The molecule has 0 spiro atoms. The first kappa shape index (κ1) is 28.5. The van der Waals surface area contributed by atoms with E-state index in [1.807, 2.05) is 66.7 Å². The Labute approximate surface area is 291 Å². The molecular weight excluding hydrogens is 633 g/mol. The Hall–Kier alpha value is -6.50. The molecule has 0 saturated heterocycles. The van der Waals surface area contributed by atoms with Gasteiger partial charge in [0, 0.05) is 42.4 Å². The van der Waals surface area contributed by atoms with E-state index in [0.29, 0.717) is 23.4 Å². The molecule has 0 radical (unpaired) electrons. The maximum atomic E-state index is 6.32. The SMILES string of the molecule is c1ccc(-c2nc(-c3cc(-c4ccccc4)c4ccccc4c3)nc(-c3cccc4sc5cc6nc(-c7ccccc7)oc6cc5c34)n2)cc1. The van der Waals surface area contributed by atoms with Gasteiger partial charge in [-0.15, -0.1) is 11.3 Å². The standard InChI is InChI=1S/C44H26N4OS/c1-4-13-27(14-5-1)34-24-31(23-30-19-10-11-20-32(30)34)42-46-41(28-15-6-2-7-16-28)47-43(48-42)33-21-12-22-38-40(33)35-25-37-36(26-39(35)50-38)45-44(49-37)29-17-8-3-9-18-29/h1-26H. The summed E-state index contributed by atoms with van der Waals surface area (Å²) in [6.07, 6.45) is 0. The molecule has 0 aliphatic heterocycles. The van der Waals surface area contributed by atoms with Gasteiger partial charge in [-0.05, 0) is 64.4 Å². The minimum absolute atomic E-state index is 0.614. The van der Waals surface area contributed by atoms with E-state index in [2.05, 4.69) is 91.0 Å². The maximum Gasteiger partial charge on any atom is 0.227 e. The Bertz CT molecular complexity index is 2860. The summed E-state index contributed by atoms with van der Waals surface area (Å²) in [5.74, 6) is 2.49. The Morgan fingerprint density at radius 2 is 1.08 bits per heavy atom. The van der Waals surface area contributed by atoms with Gasteiger partial charge in [0.15, 0.2) is 23.1 Å². The molecule has 3 heterocycles. The van der Waals surface area contributed by atoms with Crippen molar-refractivity contribution >= 4 is 53.4 Å². The van der Waals surface area contributed by atoms with Crippen LogP contribution in [-0.2, 0) is 0 Å². The molecule has 3 aromatic heterocycles. The Morgan fingerprint density at radius 1 is 0.420 bits per heavy atom. The number of hydrogen-bond acceptors (Lipinski definition) is 6. The molecular formula is C44H26N4OS. The van der Waals surface area contributed by atoms with Crippen molar-refractivity contribution in [3.8, 4) is 56.7 Å². The fourth-order valence-electron chi connectivity index (χ4n) is 6.78. The van der Waals surface area contributed by atoms with Crippen LogP contribution in [0.4, 0.5) is 0 Å². The largest absolute Gasteiger partial charge is 0.436 e. The van der Waals surface area contributed by atoms with Crippen molar-refractivity contribution in [3.05, 3.63) is 158 Å². The lowest BCUT2D eigenvalue weighted by molar-refractivity contribution is 0.620. The quantitative estimate of drug-likeness (QED) is 0.184. The van der Waals surface area contributed by atoms with Gasteiger partial charge in [-0.1, -0.05) is 115 Å². The summed E-state index contributed by atoms with van der Waals surface area (Å²) in [7, 11) is 0. The van der Waals surface area contributed by atoms with Crippen LogP contribution in [0.25, 0.3) is 98.8 Å². The van der Waals surface area contributed by atoms with Gasteiger partial charge in [0.05, 0.1) is 0 Å². The second-order valence-corrected chi connectivity index (χ2v) is 13.3. The van der Waals surface area contributed by atoms with Gasteiger partial charge in [-0.25, -0.2) is 19.9 Å². The third kappa shape index (κ3) is 4.85. The average Bonchev–Trinajstić information content (AvgIpc) is 3.78. The van der Waals surface area contributed by atoms with Crippen LogP contribution >= 0.6 is 11.3 Å². The normalized spacial score (nSPS) is 11.6. The van der Waals surface area contributed by atoms with Crippen molar-refractivity contribution in [2.24, 2.45) is 0 Å². The van der Waals surface area contributed by atoms with Crippen LogP contribution in [0.3, 0.4) is 0 Å². The fourth-order valence-corrected chi connectivity index (χ4v) is 7.92. The Kier molecular flexibility index (Phi) is 6.60. The molecule has 0 atom stereocenters. The molecule has 10 rings (SSSR count). The summed E-state index contributed by atoms with van der Waals surface area (Å²) in [5, 5.41) is 4.49. The molecule has 10 aromatic rings. The highest BCUT2D eigenvalue weighted by atomic mass is 32.1. The van der Waals surface area contributed by atoms with Gasteiger partial charge in [0.2, 0.25) is 5.89 Å². The number of oxazole rings is 1. The number of nitrogens with zero attached hydrogens (tertiary/aromatic N) is 4. The number of benzene rings is 7. The van der Waals surface area contributed by atoms with E-state index in [9.17, 15) is 0 Å². The number of hydrogen-bond donors (Lipinski definition) is 0. The zero-order valence-corrected chi connectivity index (χ0v) is 27.4. The predicted molar refractivity (Wildman–Crippen MR) is 205 cm³/mol. The minimum Gasteiger partial charge on any atom is -0.436 e. The zero-order valence-electron chi connectivity index (χ0n) is 26.6. The molecule has 0 fully saturated rings. The van der Waals surface area contributed by atoms with Crippen molar-refractivity contribution in [1.29, 1.82) is 0 Å². The van der Waals surface area contributed by atoms with Crippen LogP contribution < -0.4 is 0 Å². The molecule has 0 aliphatic carbocycles. The van der Waals surface area contributed by atoms with Gasteiger partial charge in [-0.3, -0.25) is 0 Å². The van der Waals surface area contributed by atoms with Crippen molar-refractivity contribution in [2.45, 2.75) is 0 Å². The van der Waals surface area contributed by atoms with Crippen molar-refractivity contribution in [1.82, 2.24) is 19.9 Å². The summed E-state index contributed by atoms with van der Waals surface area (Å²) in [6, 6.07) is 54.1. The summed E-state index contributed by atoms with van der Waals surface area (Å²) in [6.45, 7) is 0. The minimum atomic E-state index is 0.614. The third-order valence-electron chi connectivity index (χ3n) is 9.14. The Morgan fingerprint density at radius 3 is 1.86 bits per heavy atom. The van der Waals surface area contributed by atoms with Gasteiger partial charge in [0.25, 0.3) is 0 Å². The third-order valence-corrected chi connectivity index (χ3v) is 10.3. The van der Waals surface area contributed by atoms with E-state index >= 15 is 0 Å². The second-order valence-electron chi connectivity index (χ2n) is 12.3. The van der Waals surface area contributed by atoms with E-state index in [-0.39, 0.29) is 0 Å². The first-order valence-electron chi connectivity index (χ1n) is 16.5. The maximum absolute atomic E-state index is 6.32. The van der Waals surface area contributed by atoms with E-state index in [1.54, 1.807) is 11.3 Å². The lowest BCUT2D eigenvalue weighted by Gasteiger charge is -2.13. The molecule has 5 nitrogen and oxygen atoms in total. The number of rotatable bonds is 5. The average molecular weight is 659 g/mol. The van der Waals surface area contributed by atoms with Crippen LogP contribution in [0.5, 0.6) is 0 Å². The zero-order chi connectivity index (χ0) is 33.0. The summed E-state index contributed by atoms with van der Waals surface area (Å²) in [4.78, 5) is 20.3. The van der Waals surface area contributed by atoms with Crippen molar-refractivity contribution in [2.75, 3.05) is 0 Å². The first-order valence-corrected chi connectivity index (χ1v) is 17.3. The molecule has 50 heavy (non-hydrogen) atoms. The molecule has 0 bridgehead atoms. The van der Waals surface area contributed by atoms with Gasteiger partial charge >= 0.3 is 0 Å². The summed E-state index contributed by atoms with van der Waals surface area (Å²) < 4.78 is 8.59. The van der Waals surface area contributed by atoms with Crippen LogP contribution in [0, 0.1) is 0 Å². The van der Waals surface area contributed by atoms with Gasteiger partial charge < -0.3 is 4.42 Å². The highest BCUT2D eigenvalue weighted by Crippen LogP contribution is 2.42. The lowest BCUT2D eigenvalue weighted by atomic mass is 9.95. The predicted octanol–water partition coefficient (Wildman–Crippen LogP) is 11.9. The topological polar surface area (TPSA) is 64.7 Å². The highest BCUT2D eigenvalue weighted by molar-refractivity contribution is 7.26. The molecule has 0 N–H and O–H groups in total. The fraction of sp³-hybridized carbons (Fsp3) is 0. The first-order chi connectivity index (χ1) is 24.7. The molecule has 0 saturated carbocycles. The molecule has 234 valence electrons. The van der Waals surface area contributed by atoms with Crippen LogP contribution in [0.1, 0.15) is 0 Å². The van der Waals surface area contributed by atoms with Gasteiger partial charge in [-0.2, -0.15) is 0 Å². The molecule has 6 heteroatoms. The summed E-state index contributed by atoms with van der Waals surface area (Å²) in [5.41, 5.74) is 7.63. The van der Waals surface area contributed by atoms with E-state index < -0.39 is 0 Å². The number of fused-ring (bicyclic) bond motifs is 5. The van der Waals surface area contributed by atoms with Crippen LogP contribution in [-0.4, -0.2) is 19.9 Å². The molecule has 0 amide bonds. The van der Waals surface area contributed by atoms with Gasteiger partial charge in [0.1, 0.15) is 5.52 Å². The smallest absolute Gasteiger partial charge is 0.227 e. The van der Waals surface area contributed by atoms with E-state index in [4.69, 9.17) is 24.4 Å². The van der Waals surface area contributed by atoms with E-state index in [1.165, 1.54) is 5.39 Å². The van der Waals surface area contributed by atoms with E-state index in [0.717, 1.165) is 70.0 Å². The van der Waals surface area contributed by atoms with Crippen LogP contribution in [0.15, 0.2) is 162 Å². The van der Waals surface area contributed by atoms with Crippen molar-refractivity contribution in [3.63, 3.8) is 0 Å². The summed E-state index contributed by atoms with van der Waals surface area (Å²) >= 11 is 1.74. The molecule has 7 aromatic carbocycles. The monoisotopic (exact) mass is 658 g/mol. The van der Waals surface area contributed by atoms with Crippen LogP contribution in [0.2, 0.25) is 0 Å². The molecule has 0 unspecified atom stereocenters. The number of aromatic nitrogens is 4. The Balaban J connectivity index is 1.20. The highest BCUT2D eigenvalue weighted by Gasteiger charge is 2.19. The second kappa shape index (κ2) is 11.6. The van der Waals surface area contributed by atoms with Crippen molar-refractivity contribution < 1.29 is 4.42 Å².